The van der Waals surface area contributed by atoms with Gasteiger partial charge in [-0.25, -0.2) is 0 Å². The van der Waals surface area contributed by atoms with Crippen LogP contribution in [0, 0.1) is 0 Å². The first kappa shape index (κ1) is 45.3. The topological polar surface area (TPSA) is 92.9 Å². The highest BCUT2D eigenvalue weighted by Gasteiger charge is 2.46. The standard InChI is InChI=1S/C57H64N4O4/c1-56(2)49(59(36-18-8-12-26-51(62)63)47-32-28-40-20-14-16-24-45(40)53(47)56)34-30-42-38-61(5,6)39-43(55(42)58-44-22-10-7-11-23-44)31-35-50-57(3,4)54-46-25-17-15-21-41(46)29-33-48(54)60(50)37-19-9-13-27-52(64)65/h7,10-11,14-17,20-25,28-35H,8-9,12-13,18-19,26-27,36-39H2,1-6H3,(H-,62,63,64,65)/p+2/b42-30+,49-34+. The zero-order valence-corrected chi connectivity index (χ0v) is 39.2. The molecule has 5 aromatic rings. The second-order valence-electron chi connectivity index (χ2n) is 19.9. The van der Waals surface area contributed by atoms with Gasteiger partial charge >= 0.3 is 11.9 Å². The molecule has 5 aromatic carbocycles. The summed E-state index contributed by atoms with van der Waals surface area (Å²) in [6, 6.07) is 36.9. The van der Waals surface area contributed by atoms with E-state index in [1.807, 2.05) is 0 Å². The van der Waals surface area contributed by atoms with Gasteiger partial charge in [-0.1, -0.05) is 93.1 Å². The number of fused-ring (bicyclic) bond motifs is 6. The maximum Gasteiger partial charge on any atom is 0.303 e. The second kappa shape index (κ2) is 18.7. The molecule has 0 aliphatic carbocycles. The number of nitrogens with zero attached hydrogens (tertiary/aromatic N) is 3. The third-order valence-corrected chi connectivity index (χ3v) is 13.8. The van der Waals surface area contributed by atoms with Crippen LogP contribution in [0.15, 0.2) is 150 Å². The number of likely N-dealkylation sites (N-methyl/N-ethyl adjacent to an activating group) is 1. The predicted octanol–water partition coefficient (Wildman–Crippen LogP) is 12.3. The van der Waals surface area contributed by atoms with Crippen LogP contribution in [0.3, 0.4) is 0 Å². The molecule has 3 aliphatic heterocycles. The van der Waals surface area contributed by atoms with Crippen molar-refractivity contribution >= 4 is 56.3 Å². The van der Waals surface area contributed by atoms with E-state index in [0.717, 1.165) is 67.7 Å². The number of hydrogen-bond donors (Lipinski definition) is 3. The molecule has 3 aliphatic rings. The Morgan fingerprint density at radius 3 is 1.97 bits per heavy atom. The lowest BCUT2D eigenvalue weighted by Crippen LogP contribution is -2.46. The van der Waals surface area contributed by atoms with Crippen LogP contribution in [0.4, 0.5) is 17.1 Å². The molecule has 0 atom stereocenters. The minimum Gasteiger partial charge on any atom is -0.481 e. The van der Waals surface area contributed by atoms with Crippen LogP contribution in [-0.2, 0) is 20.4 Å². The number of nitrogens with one attached hydrogen (secondary N) is 1. The molecule has 0 radical (unpaired) electrons. The van der Waals surface area contributed by atoms with Crippen molar-refractivity contribution in [2.75, 3.05) is 50.5 Å². The fourth-order valence-corrected chi connectivity index (χ4v) is 10.8. The summed E-state index contributed by atoms with van der Waals surface area (Å²) in [5.74, 6) is -1.47. The van der Waals surface area contributed by atoms with Crippen LogP contribution >= 0.6 is 0 Å². The number of rotatable bonds is 17. The third kappa shape index (κ3) is 9.46. The fourth-order valence-electron chi connectivity index (χ4n) is 10.8. The molecule has 3 heterocycles. The number of para-hydroxylation sites is 1. The summed E-state index contributed by atoms with van der Waals surface area (Å²) in [6.45, 7) is 12.7. The number of carboxylic acids is 2. The number of carbonyl (C=O) groups is 2. The summed E-state index contributed by atoms with van der Waals surface area (Å²) in [5.41, 5.74) is 11.7. The van der Waals surface area contributed by atoms with Gasteiger partial charge in [0.15, 0.2) is 5.71 Å². The van der Waals surface area contributed by atoms with Gasteiger partial charge in [-0.05, 0) is 109 Å². The third-order valence-electron chi connectivity index (χ3n) is 13.8. The molecule has 0 saturated carbocycles. The van der Waals surface area contributed by atoms with Gasteiger partial charge in [0.2, 0.25) is 5.69 Å². The Labute approximate surface area is 385 Å². The van der Waals surface area contributed by atoms with Gasteiger partial charge in [0.05, 0.1) is 25.2 Å². The molecule has 0 saturated heterocycles. The summed E-state index contributed by atoms with van der Waals surface area (Å²) >= 11 is 0. The van der Waals surface area contributed by atoms with Crippen molar-refractivity contribution < 1.29 is 28.9 Å². The number of benzene rings is 5. The van der Waals surface area contributed by atoms with Gasteiger partial charge < -0.3 is 24.9 Å². The first-order valence-corrected chi connectivity index (χ1v) is 23.5. The molecule has 0 unspecified atom stereocenters. The van der Waals surface area contributed by atoms with Gasteiger partial charge in [-0.3, -0.25) is 9.59 Å². The highest BCUT2D eigenvalue weighted by molar-refractivity contribution is 6.08. The number of allylic oxidation sites excluding steroid dienone is 4. The lowest BCUT2D eigenvalue weighted by Gasteiger charge is -2.37. The summed E-state index contributed by atoms with van der Waals surface area (Å²) in [6.07, 6.45) is 14.7. The zero-order valence-electron chi connectivity index (χ0n) is 39.2. The number of quaternary nitrogens is 1. The van der Waals surface area contributed by atoms with E-state index < -0.39 is 11.9 Å². The number of anilines is 2. The zero-order chi connectivity index (χ0) is 45.9. The Balaban J connectivity index is 1.23. The van der Waals surface area contributed by atoms with Crippen LogP contribution in [0.25, 0.3) is 21.5 Å². The molecule has 0 amide bonds. The Hall–Kier alpha value is -6.25. The molecule has 8 nitrogen and oxygen atoms in total. The highest BCUT2D eigenvalue weighted by Crippen LogP contribution is 2.51. The normalized spacial score (nSPS) is 18.6. The van der Waals surface area contributed by atoms with Crippen LogP contribution < -0.4 is 10.2 Å². The predicted molar refractivity (Wildman–Crippen MR) is 268 cm³/mol. The first-order valence-electron chi connectivity index (χ1n) is 23.5. The average molecular weight is 871 g/mol. The SMILES string of the molecule is CC1(C)C(/C=C/C2=C(Nc3ccccc3)C(=C/C=C3/N(CCCCCC(=O)O)c4ccc5ccccc5c4C3(C)C)/C[N+](C)(C)C2)=[N+](CCCCCC(=O)O)c2ccc3ccccc3c21. The smallest absolute Gasteiger partial charge is 0.303 e. The van der Waals surface area contributed by atoms with Gasteiger partial charge in [0.25, 0.3) is 0 Å². The van der Waals surface area contributed by atoms with Crippen LogP contribution in [0.1, 0.15) is 90.2 Å². The van der Waals surface area contributed by atoms with E-state index in [2.05, 4.69) is 184 Å². The molecule has 8 rings (SSSR count). The van der Waals surface area contributed by atoms with E-state index in [1.54, 1.807) is 0 Å². The lowest BCUT2D eigenvalue weighted by molar-refractivity contribution is -0.881. The van der Waals surface area contributed by atoms with E-state index in [9.17, 15) is 19.8 Å². The van der Waals surface area contributed by atoms with Gasteiger partial charge in [-0.2, -0.15) is 4.58 Å². The largest absolute Gasteiger partial charge is 0.481 e. The molecule has 3 N–H and O–H groups in total. The molecule has 336 valence electrons. The van der Waals surface area contributed by atoms with E-state index in [4.69, 9.17) is 0 Å². The summed E-state index contributed by atoms with van der Waals surface area (Å²) in [4.78, 5) is 25.2. The molecule has 8 heteroatoms. The van der Waals surface area contributed by atoms with Gasteiger partial charge in [0, 0.05) is 77.1 Å². The fraction of sp³-hybridized carbons (Fsp3) is 0.351. The van der Waals surface area contributed by atoms with Gasteiger partial charge in [-0.15, -0.1) is 0 Å². The van der Waals surface area contributed by atoms with Crippen LogP contribution in [0.2, 0.25) is 0 Å². The Morgan fingerprint density at radius 1 is 0.677 bits per heavy atom. The average Bonchev–Trinajstić information content (AvgIpc) is 3.63. The Kier molecular flexibility index (Phi) is 13.0. The van der Waals surface area contributed by atoms with E-state index >= 15 is 0 Å². The highest BCUT2D eigenvalue weighted by atomic mass is 16.4. The molecule has 0 fully saturated rings. The van der Waals surface area contributed by atoms with Crippen molar-refractivity contribution in [1.82, 2.24) is 0 Å². The second-order valence-corrected chi connectivity index (χ2v) is 19.9. The maximum absolute atomic E-state index is 11.3. The molecule has 0 aromatic heterocycles. The number of aliphatic carboxylic acids is 2. The van der Waals surface area contributed by atoms with Crippen molar-refractivity contribution in [3.05, 3.63) is 161 Å². The van der Waals surface area contributed by atoms with Crippen molar-refractivity contribution in [2.24, 2.45) is 0 Å². The molecule has 65 heavy (non-hydrogen) atoms. The number of hydrogen-bond acceptors (Lipinski definition) is 4. The van der Waals surface area contributed by atoms with E-state index in [-0.39, 0.29) is 23.7 Å². The molecule has 0 spiro atoms. The Bertz CT molecular complexity index is 2790. The van der Waals surface area contributed by atoms with Crippen LogP contribution in [0.5, 0.6) is 0 Å². The first-order chi connectivity index (χ1) is 31.2. The van der Waals surface area contributed by atoms with Crippen molar-refractivity contribution in [1.29, 1.82) is 0 Å². The quantitative estimate of drug-likeness (QED) is 0.0490. The molecular weight excluding hydrogens is 805 g/mol. The molecule has 0 bridgehead atoms. The maximum atomic E-state index is 11.3. The van der Waals surface area contributed by atoms with Crippen molar-refractivity contribution in [3.8, 4) is 0 Å². The van der Waals surface area contributed by atoms with Crippen molar-refractivity contribution in [3.63, 3.8) is 0 Å². The van der Waals surface area contributed by atoms with Crippen molar-refractivity contribution in [2.45, 2.75) is 89.9 Å². The van der Waals surface area contributed by atoms with Gasteiger partial charge in [0.1, 0.15) is 19.6 Å². The summed E-state index contributed by atoms with van der Waals surface area (Å²) in [7, 11) is 4.63. The number of carboxylic acid groups (broad SMARTS) is 2. The Morgan fingerprint density at radius 2 is 1.29 bits per heavy atom. The van der Waals surface area contributed by atoms with E-state index in [1.165, 1.54) is 66.6 Å². The minimum atomic E-state index is -0.737. The molecular formula is C57H66N4O4+2. The lowest BCUT2D eigenvalue weighted by atomic mass is 9.79. The monoisotopic (exact) mass is 871 g/mol. The summed E-state index contributed by atoms with van der Waals surface area (Å²) in [5, 5.41) is 27.6. The van der Waals surface area contributed by atoms with Crippen LogP contribution in [-0.4, -0.2) is 77.2 Å². The minimum absolute atomic E-state index is 0.197. The number of unbranched alkanes of at least 4 members (excludes halogenated alkanes) is 4. The van der Waals surface area contributed by atoms with E-state index in [0.29, 0.717) is 12.8 Å². The summed E-state index contributed by atoms with van der Waals surface area (Å²) < 4.78 is 3.28.